The summed E-state index contributed by atoms with van der Waals surface area (Å²) in [6.07, 6.45) is 0.496. The highest BCUT2D eigenvalue weighted by Crippen LogP contribution is 2.68. The highest BCUT2D eigenvalue weighted by Gasteiger charge is 2.68. The zero-order chi connectivity index (χ0) is 15.7. The first-order valence-electron chi connectivity index (χ1n) is 7.27. The van der Waals surface area contributed by atoms with E-state index in [9.17, 15) is 4.79 Å². The van der Waals surface area contributed by atoms with E-state index in [1.54, 1.807) is 11.3 Å². The summed E-state index contributed by atoms with van der Waals surface area (Å²) in [5.41, 5.74) is 0.154. The lowest BCUT2D eigenvalue weighted by molar-refractivity contribution is -0.123. The van der Waals surface area contributed by atoms with Crippen LogP contribution in [0.25, 0.3) is 0 Å². The molecule has 1 aliphatic rings. The van der Waals surface area contributed by atoms with Crippen LogP contribution >= 0.6 is 11.3 Å². The Bertz CT molecular complexity index is 575. The largest absolute Gasteiger partial charge is 0.395 e. The molecule has 0 atom stereocenters. The Morgan fingerprint density at radius 2 is 2.00 bits per heavy atom. The Labute approximate surface area is 130 Å². The standard InChI is InChI=1S/C17H23NO2S/c1-16(2)14(17(16,3)4)15(20)18-11-13-9-8-12(21-13)7-5-6-10-19/h8-9,14,19H,6,10-11H2,1-4H3,(H,18,20). The second kappa shape index (κ2) is 5.82. The molecule has 1 aliphatic carbocycles. The molecule has 114 valence electrons. The maximum Gasteiger partial charge on any atom is 0.224 e. The Morgan fingerprint density at radius 1 is 1.33 bits per heavy atom. The van der Waals surface area contributed by atoms with Crippen molar-refractivity contribution in [3.05, 3.63) is 21.9 Å². The van der Waals surface area contributed by atoms with E-state index >= 15 is 0 Å². The monoisotopic (exact) mass is 305 g/mol. The van der Waals surface area contributed by atoms with Gasteiger partial charge in [-0.1, -0.05) is 39.5 Å². The van der Waals surface area contributed by atoms with Crippen molar-refractivity contribution >= 4 is 17.2 Å². The molecule has 0 unspecified atom stereocenters. The average Bonchev–Trinajstić information content (AvgIpc) is 2.74. The number of thiophene rings is 1. The van der Waals surface area contributed by atoms with E-state index < -0.39 is 0 Å². The molecule has 0 saturated heterocycles. The van der Waals surface area contributed by atoms with Crippen LogP contribution < -0.4 is 5.32 Å². The highest BCUT2D eigenvalue weighted by molar-refractivity contribution is 7.12. The lowest BCUT2D eigenvalue weighted by atomic mass is 10.0. The number of nitrogens with one attached hydrogen (secondary N) is 1. The SMILES string of the molecule is CC1(C)C(C(=O)NCc2ccc(C#CCCO)s2)C1(C)C. The van der Waals surface area contributed by atoms with Crippen LogP contribution in [0.3, 0.4) is 0 Å². The average molecular weight is 305 g/mol. The molecule has 4 heteroatoms. The number of rotatable bonds is 4. The molecule has 21 heavy (non-hydrogen) atoms. The van der Waals surface area contributed by atoms with Gasteiger partial charge in [0.2, 0.25) is 5.91 Å². The molecule has 1 amide bonds. The zero-order valence-corrected chi connectivity index (χ0v) is 13.9. The third kappa shape index (κ3) is 3.14. The van der Waals surface area contributed by atoms with E-state index in [1.165, 1.54) is 0 Å². The van der Waals surface area contributed by atoms with Crippen molar-refractivity contribution in [3.63, 3.8) is 0 Å². The number of aliphatic hydroxyl groups excluding tert-OH is 1. The molecular formula is C17H23NO2S. The Morgan fingerprint density at radius 3 is 2.57 bits per heavy atom. The molecule has 0 radical (unpaired) electrons. The van der Waals surface area contributed by atoms with E-state index in [0.717, 1.165) is 9.75 Å². The van der Waals surface area contributed by atoms with E-state index in [4.69, 9.17) is 5.11 Å². The third-order valence-electron chi connectivity index (χ3n) is 4.83. The molecule has 1 fully saturated rings. The summed E-state index contributed by atoms with van der Waals surface area (Å²) < 4.78 is 0. The molecule has 1 saturated carbocycles. The van der Waals surface area contributed by atoms with Gasteiger partial charge in [0.15, 0.2) is 0 Å². The summed E-state index contributed by atoms with van der Waals surface area (Å²) in [4.78, 5) is 14.3. The second-order valence-electron chi connectivity index (χ2n) is 6.64. The van der Waals surface area contributed by atoms with Crippen molar-refractivity contribution in [2.24, 2.45) is 16.7 Å². The predicted octanol–water partition coefficient (Wildman–Crippen LogP) is 2.78. The van der Waals surface area contributed by atoms with Gasteiger partial charge in [0.25, 0.3) is 0 Å². The first-order chi connectivity index (χ1) is 9.80. The van der Waals surface area contributed by atoms with E-state index in [2.05, 4.69) is 44.9 Å². The first-order valence-corrected chi connectivity index (χ1v) is 8.08. The quantitative estimate of drug-likeness (QED) is 0.840. The summed E-state index contributed by atoms with van der Waals surface area (Å²) in [6.45, 7) is 9.26. The fourth-order valence-electron chi connectivity index (χ4n) is 2.87. The normalized spacial score (nSPS) is 18.7. The van der Waals surface area contributed by atoms with Gasteiger partial charge >= 0.3 is 0 Å². The van der Waals surface area contributed by atoms with E-state index in [-0.39, 0.29) is 29.3 Å². The fourth-order valence-corrected chi connectivity index (χ4v) is 3.70. The summed E-state index contributed by atoms with van der Waals surface area (Å²) in [5.74, 6) is 6.15. The van der Waals surface area contributed by atoms with Crippen LogP contribution in [0.1, 0.15) is 43.9 Å². The fraction of sp³-hybridized carbons (Fsp3) is 0.588. The maximum atomic E-state index is 12.3. The minimum Gasteiger partial charge on any atom is -0.395 e. The molecule has 2 rings (SSSR count). The molecule has 3 nitrogen and oxygen atoms in total. The van der Waals surface area contributed by atoms with Crippen LogP contribution in [0.2, 0.25) is 0 Å². The van der Waals surface area contributed by atoms with Gasteiger partial charge in [0.05, 0.1) is 18.0 Å². The van der Waals surface area contributed by atoms with Crippen LogP contribution in [0, 0.1) is 28.6 Å². The Balaban J connectivity index is 1.88. The molecule has 0 bridgehead atoms. The maximum absolute atomic E-state index is 12.3. The van der Waals surface area contributed by atoms with Gasteiger partial charge in [-0.25, -0.2) is 0 Å². The molecule has 0 aliphatic heterocycles. The lowest BCUT2D eigenvalue weighted by Gasteiger charge is -2.04. The first kappa shape index (κ1) is 16.1. The van der Waals surface area contributed by atoms with Gasteiger partial charge in [-0.05, 0) is 23.0 Å². The van der Waals surface area contributed by atoms with Crippen LogP contribution in [-0.2, 0) is 11.3 Å². The smallest absolute Gasteiger partial charge is 0.224 e. The molecule has 2 N–H and O–H groups in total. The van der Waals surface area contributed by atoms with Gasteiger partial charge in [-0.3, -0.25) is 4.79 Å². The summed E-state index contributed by atoms with van der Waals surface area (Å²) in [7, 11) is 0. The predicted molar refractivity (Wildman–Crippen MR) is 85.8 cm³/mol. The second-order valence-corrected chi connectivity index (χ2v) is 7.80. The van der Waals surface area contributed by atoms with Gasteiger partial charge in [-0.15, -0.1) is 11.3 Å². The van der Waals surface area contributed by atoms with Crippen LogP contribution in [0.15, 0.2) is 12.1 Å². The van der Waals surface area contributed by atoms with Crippen molar-refractivity contribution in [1.29, 1.82) is 0 Å². The van der Waals surface area contributed by atoms with Crippen LogP contribution in [0.4, 0.5) is 0 Å². The van der Waals surface area contributed by atoms with Crippen molar-refractivity contribution in [2.75, 3.05) is 6.61 Å². The minimum absolute atomic E-state index is 0.0768. The van der Waals surface area contributed by atoms with Crippen molar-refractivity contribution < 1.29 is 9.90 Å². The topological polar surface area (TPSA) is 49.3 Å². The zero-order valence-electron chi connectivity index (χ0n) is 13.1. The van der Waals surface area contributed by atoms with E-state index in [1.807, 2.05) is 12.1 Å². The molecular weight excluding hydrogens is 282 g/mol. The number of carbonyl (C=O) groups excluding carboxylic acids is 1. The van der Waals surface area contributed by atoms with Crippen molar-refractivity contribution in [3.8, 4) is 11.8 Å². The minimum atomic E-state index is 0.0768. The third-order valence-corrected chi connectivity index (χ3v) is 5.83. The summed E-state index contributed by atoms with van der Waals surface area (Å²) in [5, 5.41) is 11.7. The van der Waals surface area contributed by atoms with Crippen molar-refractivity contribution in [1.82, 2.24) is 5.32 Å². The molecule has 1 heterocycles. The molecule has 0 spiro atoms. The summed E-state index contributed by atoms with van der Waals surface area (Å²) >= 11 is 1.59. The van der Waals surface area contributed by atoms with Gasteiger partial charge in [0, 0.05) is 17.2 Å². The van der Waals surface area contributed by atoms with Gasteiger partial charge < -0.3 is 10.4 Å². The number of hydrogen-bond donors (Lipinski definition) is 2. The van der Waals surface area contributed by atoms with E-state index in [0.29, 0.717) is 13.0 Å². The summed E-state index contributed by atoms with van der Waals surface area (Å²) in [6, 6.07) is 3.96. The highest BCUT2D eigenvalue weighted by atomic mass is 32.1. The molecule has 1 aromatic rings. The van der Waals surface area contributed by atoms with Crippen LogP contribution in [-0.4, -0.2) is 17.6 Å². The Kier molecular flexibility index (Phi) is 4.46. The number of hydrogen-bond acceptors (Lipinski definition) is 3. The van der Waals surface area contributed by atoms with Crippen LogP contribution in [0.5, 0.6) is 0 Å². The molecule has 0 aromatic carbocycles. The number of carbonyl (C=O) groups is 1. The Hall–Kier alpha value is -1.31. The number of amides is 1. The molecule has 1 aromatic heterocycles. The number of aliphatic hydroxyl groups is 1. The van der Waals surface area contributed by atoms with Gasteiger partial charge in [0.1, 0.15) is 0 Å². The van der Waals surface area contributed by atoms with Gasteiger partial charge in [-0.2, -0.15) is 0 Å². The van der Waals surface area contributed by atoms with Crippen molar-refractivity contribution in [2.45, 2.75) is 40.7 Å². The lowest BCUT2D eigenvalue weighted by Crippen LogP contribution is -2.26.